The van der Waals surface area contributed by atoms with Gasteiger partial charge in [-0.05, 0) is 35.9 Å². The molecule has 2 rings (SSSR count). The molecular weight excluding hydrogens is 274 g/mol. The zero-order valence-corrected chi connectivity index (χ0v) is 10.6. The number of ether oxygens (including phenoxy) is 1. The molecule has 0 radical (unpaired) electrons. The number of aliphatic hydroxyl groups is 1. The van der Waals surface area contributed by atoms with Crippen LogP contribution in [0.4, 0.5) is 8.78 Å². The van der Waals surface area contributed by atoms with Gasteiger partial charge in [0.2, 0.25) is 0 Å². The van der Waals surface area contributed by atoms with Crippen LogP contribution in [-0.4, -0.2) is 5.11 Å². The molecule has 0 amide bonds. The molecule has 0 aliphatic rings. The van der Waals surface area contributed by atoms with Crippen LogP contribution in [-0.2, 0) is 13.2 Å². The Kier molecular flexibility index (Phi) is 4.35. The monoisotopic (exact) mass is 284 g/mol. The third kappa shape index (κ3) is 3.43. The largest absolute Gasteiger partial charge is 0.486 e. The van der Waals surface area contributed by atoms with Crippen molar-refractivity contribution in [1.82, 2.24) is 0 Å². The fourth-order valence-electron chi connectivity index (χ4n) is 1.57. The molecule has 0 atom stereocenters. The van der Waals surface area contributed by atoms with E-state index in [9.17, 15) is 8.78 Å². The van der Waals surface area contributed by atoms with Crippen molar-refractivity contribution >= 4 is 11.6 Å². The Balaban J connectivity index is 2.12. The van der Waals surface area contributed by atoms with Gasteiger partial charge in [0.05, 0.1) is 6.61 Å². The zero-order chi connectivity index (χ0) is 13.8. The molecule has 0 aromatic heterocycles. The lowest BCUT2D eigenvalue weighted by Crippen LogP contribution is -2.00. The first kappa shape index (κ1) is 13.8. The predicted molar refractivity (Wildman–Crippen MR) is 68.1 cm³/mol. The fraction of sp³-hybridized carbons (Fsp3) is 0.143. The van der Waals surface area contributed by atoms with Crippen molar-refractivity contribution in [2.75, 3.05) is 0 Å². The lowest BCUT2D eigenvalue weighted by atomic mass is 10.2. The second-order valence-corrected chi connectivity index (χ2v) is 4.38. The van der Waals surface area contributed by atoms with Crippen LogP contribution in [0.15, 0.2) is 36.4 Å². The molecule has 0 saturated heterocycles. The van der Waals surface area contributed by atoms with Gasteiger partial charge in [-0.3, -0.25) is 0 Å². The molecule has 0 bridgehead atoms. The minimum Gasteiger partial charge on any atom is -0.486 e. The summed E-state index contributed by atoms with van der Waals surface area (Å²) in [6.45, 7) is -0.373. The van der Waals surface area contributed by atoms with E-state index >= 15 is 0 Å². The summed E-state index contributed by atoms with van der Waals surface area (Å²) in [6, 6.07) is 8.18. The fourth-order valence-corrected chi connectivity index (χ4v) is 1.76. The van der Waals surface area contributed by atoms with Gasteiger partial charge < -0.3 is 9.84 Å². The molecule has 2 aromatic rings. The molecule has 2 aromatic carbocycles. The molecule has 0 saturated carbocycles. The quantitative estimate of drug-likeness (QED) is 0.928. The van der Waals surface area contributed by atoms with E-state index in [1.807, 2.05) is 0 Å². The molecule has 0 spiro atoms. The molecule has 0 aliphatic heterocycles. The Bertz CT molecular complexity index is 588. The van der Waals surface area contributed by atoms with Crippen molar-refractivity contribution in [3.05, 3.63) is 64.2 Å². The standard InChI is InChI=1S/C14H11ClF2O2/c15-11-2-3-12(16)10(6-11)8-19-14-4-1-9(7-18)5-13(14)17/h1-6,18H,7-8H2. The van der Waals surface area contributed by atoms with Crippen molar-refractivity contribution in [1.29, 1.82) is 0 Å². The molecule has 100 valence electrons. The summed E-state index contributed by atoms with van der Waals surface area (Å²) >= 11 is 5.75. The summed E-state index contributed by atoms with van der Waals surface area (Å²) in [6.07, 6.45) is 0. The van der Waals surface area contributed by atoms with Gasteiger partial charge in [-0.15, -0.1) is 0 Å². The van der Waals surface area contributed by atoms with Crippen LogP contribution in [0.5, 0.6) is 5.75 Å². The smallest absolute Gasteiger partial charge is 0.165 e. The highest BCUT2D eigenvalue weighted by Gasteiger charge is 2.08. The average Bonchev–Trinajstić information content (AvgIpc) is 2.40. The second kappa shape index (κ2) is 5.99. The Morgan fingerprint density at radius 2 is 1.84 bits per heavy atom. The van der Waals surface area contributed by atoms with Crippen molar-refractivity contribution < 1.29 is 18.6 Å². The summed E-state index contributed by atoms with van der Waals surface area (Å²) in [5.74, 6) is -1.07. The van der Waals surface area contributed by atoms with Crippen LogP contribution in [0, 0.1) is 11.6 Å². The van der Waals surface area contributed by atoms with Gasteiger partial charge in [0.1, 0.15) is 12.4 Å². The highest BCUT2D eigenvalue weighted by atomic mass is 35.5. The molecule has 0 fully saturated rings. The predicted octanol–water partition coefficient (Wildman–Crippen LogP) is 3.69. The maximum atomic E-state index is 13.6. The van der Waals surface area contributed by atoms with Crippen LogP contribution < -0.4 is 4.74 Å². The minimum absolute atomic E-state index is 0.00317. The van der Waals surface area contributed by atoms with Gasteiger partial charge in [-0.25, -0.2) is 8.78 Å². The van der Waals surface area contributed by atoms with Gasteiger partial charge in [-0.1, -0.05) is 17.7 Å². The normalized spacial score (nSPS) is 10.5. The zero-order valence-electron chi connectivity index (χ0n) is 9.87. The summed E-state index contributed by atoms with van der Waals surface area (Å²) in [5, 5.41) is 9.24. The van der Waals surface area contributed by atoms with Crippen LogP contribution in [0.1, 0.15) is 11.1 Å². The number of hydrogen-bond acceptors (Lipinski definition) is 2. The Morgan fingerprint density at radius 1 is 1.05 bits per heavy atom. The van der Waals surface area contributed by atoms with Crippen molar-refractivity contribution in [3.63, 3.8) is 0 Å². The molecule has 0 aliphatic carbocycles. The molecule has 2 nitrogen and oxygen atoms in total. The third-order valence-corrected chi connectivity index (χ3v) is 2.80. The average molecular weight is 285 g/mol. The van der Waals surface area contributed by atoms with Crippen molar-refractivity contribution in [2.24, 2.45) is 0 Å². The van der Waals surface area contributed by atoms with Gasteiger partial charge >= 0.3 is 0 Å². The maximum Gasteiger partial charge on any atom is 0.165 e. The van der Waals surface area contributed by atoms with Crippen LogP contribution >= 0.6 is 11.6 Å². The van der Waals surface area contributed by atoms with Crippen LogP contribution in [0.2, 0.25) is 5.02 Å². The second-order valence-electron chi connectivity index (χ2n) is 3.95. The van der Waals surface area contributed by atoms with Crippen LogP contribution in [0.3, 0.4) is 0 Å². The molecule has 19 heavy (non-hydrogen) atoms. The number of rotatable bonds is 4. The van der Waals surface area contributed by atoms with Gasteiger partial charge in [-0.2, -0.15) is 0 Å². The van der Waals surface area contributed by atoms with Crippen LogP contribution in [0.25, 0.3) is 0 Å². The van der Waals surface area contributed by atoms with E-state index in [1.54, 1.807) is 0 Å². The lowest BCUT2D eigenvalue weighted by molar-refractivity contribution is 0.275. The van der Waals surface area contributed by atoms with Gasteiger partial charge in [0, 0.05) is 10.6 Å². The molecule has 0 unspecified atom stereocenters. The van der Waals surface area contributed by atoms with E-state index in [1.165, 1.54) is 36.4 Å². The number of benzene rings is 2. The molecule has 0 heterocycles. The SMILES string of the molecule is OCc1ccc(OCc2cc(Cl)ccc2F)c(F)c1. The first-order chi connectivity index (χ1) is 9.10. The van der Waals surface area contributed by atoms with Crippen molar-refractivity contribution in [3.8, 4) is 5.75 Å². The summed E-state index contributed by atoms with van der Waals surface area (Å²) in [5.41, 5.74) is 0.692. The minimum atomic E-state index is -0.603. The van der Waals surface area contributed by atoms with E-state index in [4.69, 9.17) is 21.4 Å². The Hall–Kier alpha value is -1.65. The Morgan fingerprint density at radius 3 is 2.53 bits per heavy atom. The first-order valence-corrected chi connectivity index (χ1v) is 5.94. The highest BCUT2D eigenvalue weighted by Crippen LogP contribution is 2.21. The van der Waals surface area contributed by atoms with E-state index in [-0.39, 0.29) is 24.5 Å². The molecule has 1 N–H and O–H groups in total. The number of aliphatic hydroxyl groups excluding tert-OH is 1. The topological polar surface area (TPSA) is 29.5 Å². The van der Waals surface area contributed by atoms with E-state index in [2.05, 4.69) is 0 Å². The summed E-state index contributed by atoms with van der Waals surface area (Å²) in [7, 11) is 0. The van der Waals surface area contributed by atoms with E-state index in [0.29, 0.717) is 10.6 Å². The van der Waals surface area contributed by atoms with E-state index < -0.39 is 11.6 Å². The van der Waals surface area contributed by atoms with Gasteiger partial charge in [0.15, 0.2) is 11.6 Å². The first-order valence-electron chi connectivity index (χ1n) is 5.56. The van der Waals surface area contributed by atoms with Gasteiger partial charge in [0.25, 0.3) is 0 Å². The number of halogens is 3. The summed E-state index contributed by atoms with van der Waals surface area (Å²) in [4.78, 5) is 0. The number of hydrogen-bond donors (Lipinski definition) is 1. The molecule has 5 heteroatoms. The van der Waals surface area contributed by atoms with E-state index in [0.717, 1.165) is 0 Å². The highest BCUT2D eigenvalue weighted by molar-refractivity contribution is 6.30. The summed E-state index contributed by atoms with van der Waals surface area (Å²) < 4.78 is 32.2. The molecular formula is C14H11ClF2O2. The Labute approximate surface area is 114 Å². The third-order valence-electron chi connectivity index (χ3n) is 2.57. The van der Waals surface area contributed by atoms with Crippen molar-refractivity contribution in [2.45, 2.75) is 13.2 Å². The maximum absolute atomic E-state index is 13.6. The lowest BCUT2D eigenvalue weighted by Gasteiger charge is -2.09.